The zero-order valence-electron chi connectivity index (χ0n) is 10.8. The highest BCUT2D eigenvalue weighted by atomic mass is 79.9. The van der Waals surface area contributed by atoms with Crippen LogP contribution in [0.5, 0.6) is 0 Å². The van der Waals surface area contributed by atoms with Crippen LogP contribution in [-0.2, 0) is 9.53 Å². The normalized spacial score (nSPS) is 17.3. The van der Waals surface area contributed by atoms with E-state index >= 15 is 0 Å². The van der Waals surface area contributed by atoms with Crippen molar-refractivity contribution in [2.75, 3.05) is 6.61 Å². The van der Waals surface area contributed by atoms with Gasteiger partial charge in [0, 0.05) is 16.9 Å². The van der Waals surface area contributed by atoms with Crippen LogP contribution in [0.15, 0.2) is 46.9 Å². The van der Waals surface area contributed by atoms with Crippen molar-refractivity contribution in [3.63, 3.8) is 0 Å². The molecular formula is C14H18BrNO2. The molecule has 0 saturated heterocycles. The van der Waals surface area contributed by atoms with Crippen LogP contribution < -0.4 is 0 Å². The Morgan fingerprint density at radius 3 is 2.78 bits per heavy atom. The number of halogens is 1. The van der Waals surface area contributed by atoms with Crippen LogP contribution in [0.4, 0.5) is 0 Å². The monoisotopic (exact) mass is 311 g/mol. The van der Waals surface area contributed by atoms with Crippen molar-refractivity contribution >= 4 is 21.9 Å². The molecule has 4 heteroatoms. The Morgan fingerprint density at radius 2 is 2.22 bits per heavy atom. The van der Waals surface area contributed by atoms with Crippen molar-refractivity contribution in [1.29, 1.82) is 0 Å². The van der Waals surface area contributed by atoms with Crippen LogP contribution in [0.25, 0.3) is 0 Å². The summed E-state index contributed by atoms with van der Waals surface area (Å²) < 4.78 is 6.04. The van der Waals surface area contributed by atoms with Crippen LogP contribution in [0, 0.1) is 0 Å². The number of allylic oxidation sites excluding steroid dienone is 3. The number of hydrogen-bond acceptors (Lipinski definition) is 3. The Hall–Kier alpha value is -1.29. The van der Waals surface area contributed by atoms with Gasteiger partial charge in [-0.3, -0.25) is 0 Å². The van der Waals surface area contributed by atoms with Crippen LogP contribution in [-0.4, -0.2) is 17.5 Å². The zero-order valence-corrected chi connectivity index (χ0v) is 12.4. The van der Waals surface area contributed by atoms with Crippen LogP contribution in [0.3, 0.4) is 0 Å². The lowest BCUT2D eigenvalue weighted by Gasteiger charge is -2.23. The number of hydrogen-bond donors (Lipinski definition) is 0. The van der Waals surface area contributed by atoms with Crippen molar-refractivity contribution in [3.05, 3.63) is 46.9 Å². The molecule has 0 aromatic heterocycles. The molecule has 0 aliphatic carbocycles. The largest absolute Gasteiger partial charge is 0.463 e. The van der Waals surface area contributed by atoms with Gasteiger partial charge >= 0.3 is 5.97 Å². The van der Waals surface area contributed by atoms with Crippen LogP contribution >= 0.6 is 15.9 Å². The summed E-state index contributed by atoms with van der Waals surface area (Å²) in [4.78, 5) is 13.8. The Labute approximate surface area is 117 Å². The van der Waals surface area contributed by atoms with E-state index in [0.29, 0.717) is 18.6 Å². The van der Waals surface area contributed by atoms with Gasteiger partial charge in [0.25, 0.3) is 0 Å². The molecule has 1 aliphatic heterocycles. The van der Waals surface area contributed by atoms with Gasteiger partial charge in [-0.05, 0) is 41.4 Å². The van der Waals surface area contributed by atoms with E-state index in [-0.39, 0.29) is 5.97 Å². The molecule has 0 fully saturated rings. The Bertz CT molecular complexity index is 422. The minimum absolute atomic E-state index is 0.253. The molecule has 0 bridgehead atoms. The van der Waals surface area contributed by atoms with Crippen molar-refractivity contribution in [3.8, 4) is 0 Å². The van der Waals surface area contributed by atoms with E-state index in [4.69, 9.17) is 4.74 Å². The lowest BCUT2D eigenvalue weighted by atomic mass is 10.1. The van der Waals surface area contributed by atoms with Crippen molar-refractivity contribution in [2.24, 2.45) is 0 Å². The topological polar surface area (TPSA) is 29.5 Å². The number of carbonyl (C=O) groups is 1. The second-order valence-corrected chi connectivity index (χ2v) is 4.69. The van der Waals surface area contributed by atoms with E-state index in [1.165, 1.54) is 0 Å². The molecule has 1 heterocycles. The number of carbonyl (C=O) groups excluding carboxylic acids is 1. The molecule has 18 heavy (non-hydrogen) atoms. The maximum Gasteiger partial charge on any atom is 0.336 e. The summed E-state index contributed by atoms with van der Waals surface area (Å²) in [5.41, 5.74) is 1.51. The second-order valence-electron chi connectivity index (χ2n) is 3.77. The molecule has 0 N–H and O–H groups in total. The standard InChI is InChI=1S/C14H18BrNO2/c1-4-7-12(14(17)18-6-3)13-9-8-11(15)10-16(13)5-2/h5,8-10H,2,4,6-7H2,1,3H3/b13-12+. The quantitative estimate of drug-likeness (QED) is 0.570. The third-order valence-corrected chi connectivity index (χ3v) is 2.94. The van der Waals surface area contributed by atoms with Gasteiger partial charge in [0.05, 0.1) is 17.9 Å². The first kappa shape index (κ1) is 14.8. The Kier molecular flexibility index (Phi) is 5.92. The molecule has 0 unspecified atom stereocenters. The highest BCUT2D eigenvalue weighted by Gasteiger charge is 2.19. The molecule has 0 saturated carbocycles. The van der Waals surface area contributed by atoms with Crippen molar-refractivity contribution in [2.45, 2.75) is 26.7 Å². The van der Waals surface area contributed by atoms with Gasteiger partial charge in [0.1, 0.15) is 0 Å². The highest BCUT2D eigenvalue weighted by molar-refractivity contribution is 9.11. The maximum atomic E-state index is 12.0. The van der Waals surface area contributed by atoms with Gasteiger partial charge in [-0.25, -0.2) is 4.79 Å². The molecule has 0 aromatic rings. The van der Waals surface area contributed by atoms with Crippen LogP contribution in [0.1, 0.15) is 26.7 Å². The number of ether oxygens (including phenoxy) is 1. The molecule has 0 atom stereocenters. The molecule has 98 valence electrons. The Morgan fingerprint density at radius 1 is 1.50 bits per heavy atom. The zero-order chi connectivity index (χ0) is 13.5. The van der Waals surface area contributed by atoms with E-state index in [2.05, 4.69) is 22.5 Å². The third kappa shape index (κ3) is 3.60. The molecular weight excluding hydrogens is 294 g/mol. The maximum absolute atomic E-state index is 12.0. The molecule has 3 nitrogen and oxygen atoms in total. The van der Waals surface area contributed by atoms with Gasteiger partial charge < -0.3 is 9.64 Å². The Balaban J connectivity index is 3.14. The predicted molar refractivity (Wildman–Crippen MR) is 76.8 cm³/mol. The minimum Gasteiger partial charge on any atom is -0.463 e. The molecule has 0 aromatic carbocycles. The summed E-state index contributed by atoms with van der Waals surface area (Å²) >= 11 is 3.40. The van der Waals surface area contributed by atoms with Gasteiger partial charge in [0.15, 0.2) is 0 Å². The fourth-order valence-electron chi connectivity index (χ4n) is 1.70. The van der Waals surface area contributed by atoms with E-state index in [0.717, 1.165) is 16.6 Å². The van der Waals surface area contributed by atoms with Gasteiger partial charge in [-0.15, -0.1) is 0 Å². The SMILES string of the molecule is C=CN1C=C(Br)C=C/C1=C(/CCC)C(=O)OCC. The second kappa shape index (κ2) is 7.21. The average molecular weight is 312 g/mol. The highest BCUT2D eigenvalue weighted by Crippen LogP contribution is 2.25. The van der Waals surface area contributed by atoms with Crippen LogP contribution in [0.2, 0.25) is 0 Å². The molecule has 0 amide bonds. The summed E-state index contributed by atoms with van der Waals surface area (Å²) in [5, 5.41) is 0. The molecule has 1 rings (SSSR count). The van der Waals surface area contributed by atoms with E-state index < -0.39 is 0 Å². The lowest BCUT2D eigenvalue weighted by Crippen LogP contribution is -2.18. The van der Waals surface area contributed by atoms with E-state index in [1.807, 2.05) is 37.1 Å². The summed E-state index contributed by atoms with van der Waals surface area (Å²) in [7, 11) is 0. The minimum atomic E-state index is -0.253. The summed E-state index contributed by atoms with van der Waals surface area (Å²) in [6.07, 6.45) is 8.93. The summed E-state index contributed by atoms with van der Waals surface area (Å²) in [6.45, 7) is 7.99. The summed E-state index contributed by atoms with van der Waals surface area (Å²) in [5.74, 6) is -0.253. The first-order valence-electron chi connectivity index (χ1n) is 6.00. The number of nitrogens with zero attached hydrogens (tertiary/aromatic N) is 1. The predicted octanol–water partition coefficient (Wildman–Crippen LogP) is 3.86. The fraction of sp³-hybridized carbons (Fsp3) is 0.357. The first-order chi connectivity index (χ1) is 8.63. The number of rotatable bonds is 5. The molecule has 0 spiro atoms. The first-order valence-corrected chi connectivity index (χ1v) is 6.79. The van der Waals surface area contributed by atoms with Gasteiger partial charge in [0.2, 0.25) is 0 Å². The fourth-order valence-corrected chi connectivity index (χ4v) is 2.05. The third-order valence-electron chi connectivity index (χ3n) is 2.47. The van der Waals surface area contributed by atoms with E-state index in [9.17, 15) is 4.79 Å². The average Bonchev–Trinajstić information content (AvgIpc) is 2.36. The van der Waals surface area contributed by atoms with E-state index in [1.54, 1.807) is 6.20 Å². The molecule has 1 aliphatic rings. The number of esters is 1. The van der Waals surface area contributed by atoms with Crippen molar-refractivity contribution < 1.29 is 9.53 Å². The summed E-state index contributed by atoms with van der Waals surface area (Å²) in [6, 6.07) is 0. The smallest absolute Gasteiger partial charge is 0.336 e. The van der Waals surface area contributed by atoms with Gasteiger partial charge in [-0.1, -0.05) is 19.9 Å². The van der Waals surface area contributed by atoms with Gasteiger partial charge in [-0.2, -0.15) is 0 Å². The lowest BCUT2D eigenvalue weighted by molar-refractivity contribution is -0.138. The van der Waals surface area contributed by atoms with Crippen molar-refractivity contribution in [1.82, 2.24) is 4.90 Å². The molecule has 0 radical (unpaired) electrons.